The van der Waals surface area contributed by atoms with Crippen molar-refractivity contribution in [2.75, 3.05) is 5.75 Å². The summed E-state index contributed by atoms with van der Waals surface area (Å²) in [5.41, 5.74) is 0.963. The molecular formula is C19H31NO4S. The largest absolute Gasteiger partial charge is 0.382 e. The smallest absolute Gasteiger partial charge is 0.308 e. The number of benzene rings is 1. The van der Waals surface area contributed by atoms with Crippen molar-refractivity contribution >= 4 is 16.0 Å². The van der Waals surface area contributed by atoms with E-state index in [4.69, 9.17) is 4.18 Å². The lowest BCUT2D eigenvalue weighted by atomic mass is 10.1. The van der Waals surface area contributed by atoms with Crippen molar-refractivity contribution in [1.29, 1.82) is 0 Å². The van der Waals surface area contributed by atoms with E-state index in [2.05, 4.69) is 20.8 Å². The van der Waals surface area contributed by atoms with E-state index in [1.165, 1.54) is 6.92 Å². The molecule has 1 aromatic rings. The summed E-state index contributed by atoms with van der Waals surface area (Å²) in [5.74, 6) is 0.412. The summed E-state index contributed by atoms with van der Waals surface area (Å²) in [6, 6.07) is 7.08. The van der Waals surface area contributed by atoms with Gasteiger partial charge >= 0.3 is 10.1 Å². The first-order valence-corrected chi connectivity index (χ1v) is 10.7. The van der Waals surface area contributed by atoms with Crippen molar-refractivity contribution in [2.45, 2.75) is 72.4 Å². The number of hydrogen-bond acceptors (Lipinski definition) is 4. The standard InChI is InChI=1S/C19H31NO4S/c1-5-8-9-10-19(21)20(16(4)6-2)15-17-11-13-18(14-12-17)24-25(22,23)7-3/h11-14,16H,5-10,15H2,1-4H3/t16-/m1/s1. The molecule has 0 N–H and O–H groups in total. The fraction of sp³-hybridized carbons (Fsp3) is 0.632. The number of unbranched alkanes of at least 4 members (excludes halogenated alkanes) is 2. The first-order chi connectivity index (χ1) is 11.8. The maximum absolute atomic E-state index is 12.5. The minimum absolute atomic E-state index is 0.0667. The number of carbonyl (C=O) groups is 1. The van der Waals surface area contributed by atoms with Crippen LogP contribution < -0.4 is 4.18 Å². The van der Waals surface area contributed by atoms with Crippen LogP contribution in [0.25, 0.3) is 0 Å². The normalized spacial score (nSPS) is 12.6. The third-order valence-electron chi connectivity index (χ3n) is 4.29. The minimum Gasteiger partial charge on any atom is -0.382 e. The summed E-state index contributed by atoms with van der Waals surface area (Å²) in [6.45, 7) is 8.32. The van der Waals surface area contributed by atoms with Gasteiger partial charge in [-0.2, -0.15) is 8.42 Å². The molecule has 5 nitrogen and oxygen atoms in total. The quantitative estimate of drug-likeness (QED) is 0.435. The second kappa shape index (κ2) is 10.4. The fourth-order valence-corrected chi connectivity index (χ4v) is 2.95. The highest BCUT2D eigenvalue weighted by molar-refractivity contribution is 7.87. The molecule has 0 aliphatic carbocycles. The van der Waals surface area contributed by atoms with Gasteiger partial charge in [-0.25, -0.2) is 0 Å². The zero-order valence-electron chi connectivity index (χ0n) is 15.8. The van der Waals surface area contributed by atoms with Gasteiger partial charge < -0.3 is 9.08 Å². The van der Waals surface area contributed by atoms with Crippen molar-refractivity contribution in [2.24, 2.45) is 0 Å². The Labute approximate surface area is 152 Å². The van der Waals surface area contributed by atoms with E-state index in [-0.39, 0.29) is 17.7 Å². The van der Waals surface area contributed by atoms with Crippen LogP contribution in [0.3, 0.4) is 0 Å². The SMILES string of the molecule is CCCCCC(=O)N(Cc1ccc(OS(=O)(=O)CC)cc1)[C@H](C)CC. The van der Waals surface area contributed by atoms with Crippen molar-refractivity contribution < 1.29 is 17.4 Å². The van der Waals surface area contributed by atoms with Gasteiger partial charge in [-0.05, 0) is 44.4 Å². The summed E-state index contributed by atoms with van der Waals surface area (Å²) in [4.78, 5) is 14.4. The van der Waals surface area contributed by atoms with Crippen molar-refractivity contribution in [3.63, 3.8) is 0 Å². The van der Waals surface area contributed by atoms with E-state index in [9.17, 15) is 13.2 Å². The van der Waals surface area contributed by atoms with Gasteiger partial charge in [-0.15, -0.1) is 0 Å². The highest BCUT2D eigenvalue weighted by Gasteiger charge is 2.19. The van der Waals surface area contributed by atoms with Crippen LogP contribution in [0.5, 0.6) is 5.75 Å². The monoisotopic (exact) mass is 369 g/mol. The lowest BCUT2D eigenvalue weighted by molar-refractivity contribution is -0.134. The molecule has 0 spiro atoms. The highest BCUT2D eigenvalue weighted by atomic mass is 32.2. The average molecular weight is 370 g/mol. The lowest BCUT2D eigenvalue weighted by Crippen LogP contribution is -2.37. The summed E-state index contributed by atoms with van der Waals surface area (Å²) < 4.78 is 28.0. The molecule has 0 aliphatic heterocycles. The van der Waals surface area contributed by atoms with Crippen LogP contribution in [0.1, 0.15) is 65.4 Å². The van der Waals surface area contributed by atoms with E-state index in [1.54, 1.807) is 12.1 Å². The Bertz CT molecular complexity index is 625. The van der Waals surface area contributed by atoms with Crippen LogP contribution in [0.15, 0.2) is 24.3 Å². The van der Waals surface area contributed by atoms with Crippen molar-refractivity contribution in [1.82, 2.24) is 4.90 Å². The van der Waals surface area contributed by atoms with Crippen LogP contribution in [-0.2, 0) is 21.5 Å². The first-order valence-electron chi connectivity index (χ1n) is 9.13. The maximum atomic E-state index is 12.5. The molecule has 0 radical (unpaired) electrons. The van der Waals surface area contributed by atoms with Gasteiger partial charge in [-0.3, -0.25) is 4.79 Å². The van der Waals surface area contributed by atoms with Crippen LogP contribution in [0.2, 0.25) is 0 Å². The third kappa shape index (κ3) is 7.46. The number of nitrogens with zero attached hydrogens (tertiary/aromatic N) is 1. The van der Waals surface area contributed by atoms with Gasteiger partial charge in [0.2, 0.25) is 5.91 Å². The minimum atomic E-state index is -3.52. The molecule has 25 heavy (non-hydrogen) atoms. The Balaban J connectivity index is 2.78. The Morgan fingerprint density at radius 3 is 2.28 bits per heavy atom. The average Bonchev–Trinajstić information content (AvgIpc) is 2.60. The molecule has 0 aromatic heterocycles. The summed E-state index contributed by atoms with van der Waals surface area (Å²) in [5, 5.41) is 0. The third-order valence-corrected chi connectivity index (χ3v) is 5.44. The molecule has 0 bridgehead atoms. The van der Waals surface area contributed by atoms with Crippen LogP contribution >= 0.6 is 0 Å². The van der Waals surface area contributed by atoms with E-state index in [0.29, 0.717) is 18.7 Å². The number of amides is 1. The van der Waals surface area contributed by atoms with Crippen LogP contribution in [0.4, 0.5) is 0 Å². The summed E-state index contributed by atoms with van der Waals surface area (Å²) >= 11 is 0. The predicted molar refractivity (Wildman–Crippen MR) is 101 cm³/mol. The second-order valence-electron chi connectivity index (χ2n) is 6.31. The molecule has 1 aromatic carbocycles. The molecule has 1 rings (SSSR count). The van der Waals surface area contributed by atoms with Crippen LogP contribution in [0, 0.1) is 0 Å². The van der Waals surface area contributed by atoms with E-state index >= 15 is 0 Å². The van der Waals surface area contributed by atoms with Gasteiger partial charge in [0, 0.05) is 19.0 Å². The second-order valence-corrected chi connectivity index (χ2v) is 8.17. The topological polar surface area (TPSA) is 63.7 Å². The van der Waals surface area contributed by atoms with Gasteiger partial charge in [0.25, 0.3) is 0 Å². The number of hydrogen-bond donors (Lipinski definition) is 0. The van der Waals surface area contributed by atoms with Gasteiger partial charge in [0.05, 0.1) is 5.75 Å². The maximum Gasteiger partial charge on any atom is 0.308 e. The molecule has 0 heterocycles. The lowest BCUT2D eigenvalue weighted by Gasteiger charge is -2.29. The molecule has 6 heteroatoms. The number of carbonyl (C=O) groups excluding carboxylic acids is 1. The summed E-state index contributed by atoms with van der Waals surface area (Å²) in [7, 11) is -3.52. The van der Waals surface area contributed by atoms with E-state index < -0.39 is 10.1 Å². The Hall–Kier alpha value is -1.56. The predicted octanol–water partition coefficient (Wildman–Crippen LogP) is 4.12. The van der Waals surface area contributed by atoms with E-state index in [1.807, 2.05) is 17.0 Å². The van der Waals surface area contributed by atoms with Gasteiger partial charge in [0.1, 0.15) is 5.75 Å². The molecule has 0 aliphatic rings. The van der Waals surface area contributed by atoms with Gasteiger partial charge in [-0.1, -0.05) is 38.8 Å². The highest BCUT2D eigenvalue weighted by Crippen LogP contribution is 2.18. The molecule has 0 saturated heterocycles. The Kier molecular flexibility index (Phi) is 8.97. The van der Waals surface area contributed by atoms with Crippen LogP contribution in [-0.4, -0.2) is 31.0 Å². The summed E-state index contributed by atoms with van der Waals surface area (Å²) in [6.07, 6.45) is 4.56. The molecule has 142 valence electrons. The molecule has 1 atom stereocenters. The Morgan fingerprint density at radius 2 is 1.76 bits per heavy atom. The van der Waals surface area contributed by atoms with Crippen molar-refractivity contribution in [3.05, 3.63) is 29.8 Å². The molecule has 0 fully saturated rings. The first kappa shape index (κ1) is 21.5. The van der Waals surface area contributed by atoms with E-state index in [0.717, 1.165) is 31.2 Å². The Morgan fingerprint density at radius 1 is 1.12 bits per heavy atom. The molecule has 0 unspecified atom stereocenters. The fourth-order valence-electron chi connectivity index (χ4n) is 2.43. The van der Waals surface area contributed by atoms with Crippen molar-refractivity contribution in [3.8, 4) is 5.75 Å². The van der Waals surface area contributed by atoms with Gasteiger partial charge in [0.15, 0.2) is 0 Å². The zero-order chi connectivity index (χ0) is 18.9. The number of rotatable bonds is 11. The molecular weight excluding hydrogens is 338 g/mol. The molecule has 1 amide bonds. The zero-order valence-corrected chi connectivity index (χ0v) is 16.6. The molecule has 0 saturated carbocycles.